The molecular weight excluding hydrogens is 262 g/mol. The average molecular weight is 284 g/mol. The minimum Gasteiger partial charge on any atom is -0.310 e. The van der Waals surface area contributed by atoms with E-state index in [0.717, 1.165) is 6.54 Å². The van der Waals surface area contributed by atoms with Crippen LogP contribution in [0.5, 0.6) is 0 Å². The summed E-state index contributed by atoms with van der Waals surface area (Å²) in [5.74, 6) is 0. The van der Waals surface area contributed by atoms with Crippen molar-refractivity contribution in [2.45, 2.75) is 46.6 Å². The van der Waals surface area contributed by atoms with Crippen molar-refractivity contribution in [2.24, 2.45) is 0 Å². The zero-order valence-electron chi connectivity index (χ0n) is 10.7. The summed E-state index contributed by atoms with van der Waals surface area (Å²) >= 11 is 3.62. The van der Waals surface area contributed by atoms with Crippen molar-refractivity contribution >= 4 is 15.9 Å². The van der Waals surface area contributed by atoms with Crippen LogP contribution in [0.15, 0.2) is 16.6 Å². The molecule has 1 rings (SSSR count). The fourth-order valence-corrected chi connectivity index (χ4v) is 2.33. The van der Waals surface area contributed by atoms with E-state index in [4.69, 9.17) is 0 Å². The van der Waals surface area contributed by atoms with Gasteiger partial charge >= 0.3 is 0 Å². The van der Waals surface area contributed by atoms with Gasteiger partial charge in [0.2, 0.25) is 0 Å². The van der Waals surface area contributed by atoms with Crippen molar-refractivity contribution in [1.82, 2.24) is 5.32 Å². The Hall–Kier alpha value is -0.340. The van der Waals surface area contributed by atoms with Crippen LogP contribution in [0.4, 0.5) is 0 Å². The summed E-state index contributed by atoms with van der Waals surface area (Å²) in [5, 5.41) is 3.56. The smallest absolute Gasteiger partial charge is 0.0320 e. The highest BCUT2D eigenvalue weighted by Gasteiger charge is 2.11. The molecule has 0 fully saturated rings. The van der Waals surface area contributed by atoms with Gasteiger partial charge in [-0.3, -0.25) is 0 Å². The number of rotatable bonds is 5. The molecule has 1 atom stereocenters. The second kappa shape index (κ2) is 6.41. The van der Waals surface area contributed by atoms with Crippen LogP contribution in [0.2, 0.25) is 0 Å². The lowest BCUT2D eigenvalue weighted by Crippen LogP contribution is -2.20. The lowest BCUT2D eigenvalue weighted by molar-refractivity contribution is 0.509. The second-order valence-electron chi connectivity index (χ2n) is 4.37. The van der Waals surface area contributed by atoms with Gasteiger partial charge in [0.15, 0.2) is 0 Å². The van der Waals surface area contributed by atoms with Gasteiger partial charge in [-0.05, 0) is 43.5 Å². The van der Waals surface area contributed by atoms with E-state index < -0.39 is 0 Å². The molecule has 0 aliphatic heterocycles. The van der Waals surface area contributed by atoms with Gasteiger partial charge in [-0.2, -0.15) is 0 Å². The zero-order valence-corrected chi connectivity index (χ0v) is 12.3. The van der Waals surface area contributed by atoms with E-state index in [2.05, 4.69) is 61.1 Å². The van der Waals surface area contributed by atoms with Crippen molar-refractivity contribution in [3.05, 3.63) is 33.3 Å². The predicted molar refractivity (Wildman–Crippen MR) is 74.9 cm³/mol. The molecule has 0 radical (unpaired) electrons. The Labute approximate surface area is 108 Å². The molecule has 1 N–H and O–H groups in total. The monoisotopic (exact) mass is 283 g/mol. The molecule has 1 aromatic carbocycles. The van der Waals surface area contributed by atoms with Crippen LogP contribution in [0.1, 0.15) is 49.4 Å². The van der Waals surface area contributed by atoms with Gasteiger partial charge in [0, 0.05) is 10.5 Å². The summed E-state index contributed by atoms with van der Waals surface area (Å²) in [4.78, 5) is 0. The van der Waals surface area contributed by atoms with Crippen molar-refractivity contribution in [1.29, 1.82) is 0 Å². The van der Waals surface area contributed by atoms with Gasteiger partial charge in [0.05, 0.1) is 0 Å². The second-order valence-corrected chi connectivity index (χ2v) is 5.16. The highest BCUT2D eigenvalue weighted by molar-refractivity contribution is 9.10. The van der Waals surface area contributed by atoms with Crippen LogP contribution < -0.4 is 5.32 Å². The van der Waals surface area contributed by atoms with E-state index in [1.54, 1.807) is 0 Å². The van der Waals surface area contributed by atoms with E-state index in [0.29, 0.717) is 6.04 Å². The number of hydrogen-bond acceptors (Lipinski definition) is 1. The Balaban J connectivity index is 3.00. The molecule has 90 valence electrons. The molecule has 0 aromatic heterocycles. The molecule has 0 saturated carbocycles. The molecule has 2 heteroatoms. The number of benzene rings is 1. The first kappa shape index (κ1) is 13.7. The van der Waals surface area contributed by atoms with Crippen LogP contribution >= 0.6 is 15.9 Å². The normalized spacial score (nSPS) is 12.8. The molecule has 16 heavy (non-hydrogen) atoms. The van der Waals surface area contributed by atoms with Crippen molar-refractivity contribution < 1.29 is 0 Å². The Morgan fingerprint density at radius 1 is 1.19 bits per heavy atom. The molecule has 0 aliphatic carbocycles. The highest BCUT2D eigenvalue weighted by atomic mass is 79.9. The third-order valence-electron chi connectivity index (χ3n) is 2.89. The van der Waals surface area contributed by atoms with E-state index in [1.807, 2.05) is 0 Å². The predicted octanol–water partition coefficient (Wildman–Crippen LogP) is 4.52. The molecule has 0 spiro atoms. The van der Waals surface area contributed by atoms with E-state index in [-0.39, 0.29) is 0 Å². The minimum atomic E-state index is 0.500. The first-order valence-electron chi connectivity index (χ1n) is 6.10. The minimum absolute atomic E-state index is 0.500. The van der Waals surface area contributed by atoms with Gasteiger partial charge in [-0.25, -0.2) is 0 Å². The summed E-state index contributed by atoms with van der Waals surface area (Å²) in [6, 6.07) is 5.08. The zero-order chi connectivity index (χ0) is 12.1. The van der Waals surface area contributed by atoms with Crippen molar-refractivity contribution in [3.63, 3.8) is 0 Å². The number of aryl methyl sites for hydroxylation is 2. The molecule has 1 aromatic rings. The van der Waals surface area contributed by atoms with Crippen LogP contribution in [0.3, 0.4) is 0 Å². The first-order chi connectivity index (χ1) is 7.60. The molecule has 1 nitrogen and oxygen atoms in total. The average Bonchev–Trinajstić information content (AvgIpc) is 2.25. The molecule has 1 unspecified atom stereocenters. The molecule has 0 bridgehead atoms. The standard InChI is InChI=1S/C14H22BrN/c1-5-7-13(16-6-2)12-8-10(3)14(15)11(4)9-12/h8-9,13,16H,5-7H2,1-4H3. The molecule has 0 amide bonds. The summed E-state index contributed by atoms with van der Waals surface area (Å²) in [5.41, 5.74) is 4.07. The van der Waals surface area contributed by atoms with Crippen LogP contribution in [0.25, 0.3) is 0 Å². The Morgan fingerprint density at radius 2 is 1.75 bits per heavy atom. The topological polar surface area (TPSA) is 12.0 Å². The fourth-order valence-electron chi connectivity index (χ4n) is 2.10. The largest absolute Gasteiger partial charge is 0.310 e. The Kier molecular flexibility index (Phi) is 5.50. The lowest BCUT2D eigenvalue weighted by Gasteiger charge is -2.19. The third kappa shape index (κ3) is 3.33. The van der Waals surface area contributed by atoms with Gasteiger partial charge in [0.25, 0.3) is 0 Å². The maximum absolute atomic E-state index is 3.62. The molecule has 0 saturated heterocycles. The van der Waals surface area contributed by atoms with Crippen LogP contribution in [0, 0.1) is 13.8 Å². The van der Waals surface area contributed by atoms with Gasteiger partial charge in [-0.1, -0.05) is 48.3 Å². The Morgan fingerprint density at radius 3 is 2.19 bits per heavy atom. The maximum Gasteiger partial charge on any atom is 0.0320 e. The van der Waals surface area contributed by atoms with Crippen molar-refractivity contribution in [2.75, 3.05) is 6.54 Å². The highest BCUT2D eigenvalue weighted by Crippen LogP contribution is 2.27. The molecular formula is C14H22BrN. The summed E-state index contributed by atoms with van der Waals surface area (Å²) in [6.45, 7) is 9.76. The van der Waals surface area contributed by atoms with Crippen molar-refractivity contribution in [3.8, 4) is 0 Å². The third-order valence-corrected chi connectivity index (χ3v) is 4.14. The quantitative estimate of drug-likeness (QED) is 0.838. The first-order valence-corrected chi connectivity index (χ1v) is 6.89. The number of nitrogens with one attached hydrogen (secondary N) is 1. The summed E-state index contributed by atoms with van der Waals surface area (Å²) < 4.78 is 1.24. The maximum atomic E-state index is 3.62. The molecule has 0 heterocycles. The van der Waals surface area contributed by atoms with E-state index >= 15 is 0 Å². The fraction of sp³-hybridized carbons (Fsp3) is 0.571. The SMILES string of the molecule is CCCC(NCC)c1cc(C)c(Br)c(C)c1. The van der Waals surface area contributed by atoms with Gasteiger partial charge in [-0.15, -0.1) is 0 Å². The van der Waals surface area contributed by atoms with E-state index in [1.165, 1.54) is 34.0 Å². The summed E-state index contributed by atoms with van der Waals surface area (Å²) in [7, 11) is 0. The Bertz CT molecular complexity index is 318. The lowest BCUT2D eigenvalue weighted by atomic mass is 9.98. The number of hydrogen-bond donors (Lipinski definition) is 1. The van der Waals surface area contributed by atoms with Crippen LogP contribution in [-0.2, 0) is 0 Å². The van der Waals surface area contributed by atoms with E-state index in [9.17, 15) is 0 Å². The molecule has 0 aliphatic rings. The van der Waals surface area contributed by atoms with Gasteiger partial charge in [0.1, 0.15) is 0 Å². The summed E-state index contributed by atoms with van der Waals surface area (Å²) in [6.07, 6.45) is 2.42. The van der Waals surface area contributed by atoms with Gasteiger partial charge < -0.3 is 5.32 Å². The number of halogens is 1. The van der Waals surface area contributed by atoms with Crippen LogP contribution in [-0.4, -0.2) is 6.54 Å².